The van der Waals surface area contributed by atoms with E-state index >= 15 is 0 Å². The van der Waals surface area contributed by atoms with Gasteiger partial charge in [-0.25, -0.2) is 13.6 Å². The van der Waals surface area contributed by atoms with Crippen LogP contribution >= 0.6 is 0 Å². The molecule has 2 aromatic carbocycles. The Labute approximate surface area is 184 Å². The van der Waals surface area contributed by atoms with Crippen LogP contribution in [0.4, 0.5) is 13.6 Å². The molecule has 0 radical (unpaired) electrons. The highest BCUT2D eigenvalue weighted by atomic mass is 19.1. The molecule has 7 nitrogen and oxygen atoms in total. The van der Waals surface area contributed by atoms with E-state index in [0.29, 0.717) is 26.2 Å². The fourth-order valence-electron chi connectivity index (χ4n) is 4.19. The number of urea groups is 1. The third kappa shape index (κ3) is 4.47. The molecule has 0 bridgehead atoms. The van der Waals surface area contributed by atoms with Gasteiger partial charge in [-0.3, -0.25) is 19.4 Å². The van der Waals surface area contributed by atoms with E-state index in [-0.39, 0.29) is 42.6 Å². The zero-order valence-electron chi connectivity index (χ0n) is 17.7. The van der Waals surface area contributed by atoms with Gasteiger partial charge in [-0.05, 0) is 35.4 Å². The van der Waals surface area contributed by atoms with E-state index in [0.717, 1.165) is 16.0 Å². The van der Waals surface area contributed by atoms with Gasteiger partial charge < -0.3 is 9.80 Å². The van der Waals surface area contributed by atoms with Crippen molar-refractivity contribution in [3.63, 3.8) is 0 Å². The molecule has 0 atom stereocenters. The van der Waals surface area contributed by atoms with Gasteiger partial charge in [0.2, 0.25) is 5.91 Å². The first-order chi connectivity index (χ1) is 15.3. The molecule has 0 aliphatic carbocycles. The van der Waals surface area contributed by atoms with Crippen molar-refractivity contribution in [3.05, 3.63) is 71.3 Å². The number of benzene rings is 2. The van der Waals surface area contributed by atoms with Crippen molar-refractivity contribution in [2.75, 3.05) is 46.3 Å². The Morgan fingerprint density at radius 2 is 1.38 bits per heavy atom. The number of imide groups is 1. The lowest BCUT2D eigenvalue weighted by molar-refractivity contribution is -0.137. The summed E-state index contributed by atoms with van der Waals surface area (Å²) < 4.78 is 26.9. The van der Waals surface area contributed by atoms with Crippen molar-refractivity contribution in [1.82, 2.24) is 19.6 Å². The number of likely N-dealkylation sites (N-methyl/N-ethyl adjacent to an activating group) is 1. The normalized spacial score (nSPS) is 17.6. The number of hydrogen-bond donors (Lipinski definition) is 0. The smallest absolute Gasteiger partial charge is 0.327 e. The fourth-order valence-corrected chi connectivity index (χ4v) is 4.19. The molecule has 4 amide bonds. The highest BCUT2D eigenvalue weighted by Gasteiger charge is 2.36. The van der Waals surface area contributed by atoms with Gasteiger partial charge in [0.25, 0.3) is 5.91 Å². The lowest BCUT2D eigenvalue weighted by atomic mass is 9.96. The third-order valence-corrected chi connectivity index (χ3v) is 5.93. The van der Waals surface area contributed by atoms with E-state index in [1.165, 1.54) is 36.2 Å². The highest BCUT2D eigenvalue weighted by molar-refractivity contribution is 6.04. The predicted octanol–water partition coefficient (Wildman–Crippen LogP) is 2.09. The zero-order chi connectivity index (χ0) is 22.8. The van der Waals surface area contributed by atoms with Crippen molar-refractivity contribution < 1.29 is 23.2 Å². The molecule has 2 aromatic rings. The van der Waals surface area contributed by atoms with E-state index in [1.54, 1.807) is 29.2 Å². The van der Waals surface area contributed by atoms with Gasteiger partial charge in [-0.1, -0.05) is 24.3 Å². The minimum atomic E-state index is -0.463. The first-order valence-electron chi connectivity index (χ1n) is 10.4. The molecular formula is C23H24F2N4O3. The molecule has 2 heterocycles. The van der Waals surface area contributed by atoms with E-state index in [9.17, 15) is 23.2 Å². The number of amides is 4. The topological polar surface area (TPSA) is 64.2 Å². The van der Waals surface area contributed by atoms with Gasteiger partial charge in [-0.2, -0.15) is 0 Å². The zero-order valence-corrected chi connectivity index (χ0v) is 17.7. The summed E-state index contributed by atoms with van der Waals surface area (Å²) in [5.74, 6) is -1.32. The van der Waals surface area contributed by atoms with E-state index in [4.69, 9.17) is 0 Å². The summed E-state index contributed by atoms with van der Waals surface area (Å²) in [5.41, 5.74) is 1.74. The molecule has 32 heavy (non-hydrogen) atoms. The summed E-state index contributed by atoms with van der Waals surface area (Å²) in [5, 5.41) is 0. The van der Waals surface area contributed by atoms with Crippen LogP contribution in [0.1, 0.15) is 17.2 Å². The quantitative estimate of drug-likeness (QED) is 0.666. The number of piperazine rings is 1. The van der Waals surface area contributed by atoms with Crippen molar-refractivity contribution in [3.8, 4) is 0 Å². The molecular weight excluding hydrogens is 418 g/mol. The molecule has 0 saturated carbocycles. The van der Waals surface area contributed by atoms with Crippen LogP contribution in [0.15, 0.2) is 48.5 Å². The molecule has 2 aliphatic rings. The molecule has 0 aromatic heterocycles. The van der Waals surface area contributed by atoms with Gasteiger partial charge in [0.15, 0.2) is 0 Å². The minimum Gasteiger partial charge on any atom is -0.339 e. The molecule has 0 spiro atoms. The summed E-state index contributed by atoms with van der Waals surface area (Å²) in [6.07, 6.45) is 0. The van der Waals surface area contributed by atoms with Crippen molar-refractivity contribution in [2.45, 2.75) is 6.04 Å². The number of carbonyl (C=O) groups excluding carboxylic acids is 3. The van der Waals surface area contributed by atoms with Gasteiger partial charge in [0, 0.05) is 33.2 Å². The van der Waals surface area contributed by atoms with Crippen LogP contribution in [0.5, 0.6) is 0 Å². The number of hydrogen-bond acceptors (Lipinski definition) is 4. The maximum atomic E-state index is 13.5. The maximum absolute atomic E-state index is 13.5. The third-order valence-electron chi connectivity index (χ3n) is 5.93. The number of halogens is 2. The van der Waals surface area contributed by atoms with Crippen LogP contribution in [0.25, 0.3) is 0 Å². The molecule has 2 fully saturated rings. The lowest BCUT2D eigenvalue weighted by Crippen LogP contribution is -2.52. The van der Waals surface area contributed by atoms with Crippen LogP contribution in [-0.4, -0.2) is 83.8 Å². The second-order valence-electron chi connectivity index (χ2n) is 8.04. The second kappa shape index (κ2) is 9.04. The van der Waals surface area contributed by atoms with Crippen LogP contribution < -0.4 is 0 Å². The number of nitrogens with zero attached hydrogens (tertiary/aromatic N) is 4. The molecule has 2 aliphatic heterocycles. The predicted molar refractivity (Wildman–Crippen MR) is 113 cm³/mol. The minimum absolute atomic E-state index is 0.0170. The Morgan fingerprint density at radius 3 is 1.81 bits per heavy atom. The van der Waals surface area contributed by atoms with Crippen molar-refractivity contribution >= 4 is 17.8 Å². The van der Waals surface area contributed by atoms with Crippen molar-refractivity contribution in [1.29, 1.82) is 0 Å². The number of rotatable bonds is 5. The molecule has 0 N–H and O–H groups in total. The summed E-state index contributed by atoms with van der Waals surface area (Å²) in [6, 6.07) is 11.7. The highest BCUT2D eigenvalue weighted by Crippen LogP contribution is 2.30. The first kappa shape index (κ1) is 21.9. The standard InChI is InChI=1S/C23H24F2N4O3/c1-26-14-21(31)29(23(26)32)15-20(30)27-10-12-28(13-11-27)22(16-2-6-18(24)7-3-16)17-4-8-19(25)9-5-17/h2-9,22H,10-15H2,1H3. The average Bonchev–Trinajstić information content (AvgIpc) is 3.03. The average molecular weight is 442 g/mol. The van der Waals surface area contributed by atoms with Gasteiger partial charge >= 0.3 is 6.03 Å². The van der Waals surface area contributed by atoms with Gasteiger partial charge in [0.05, 0.1) is 6.04 Å². The van der Waals surface area contributed by atoms with Crippen LogP contribution in [0.2, 0.25) is 0 Å². The van der Waals surface area contributed by atoms with Gasteiger partial charge in [0.1, 0.15) is 24.7 Å². The summed E-state index contributed by atoms with van der Waals surface area (Å²) in [4.78, 5) is 42.7. The Hall–Kier alpha value is -3.33. The molecule has 9 heteroatoms. The van der Waals surface area contributed by atoms with E-state index in [1.807, 2.05) is 0 Å². The summed E-state index contributed by atoms with van der Waals surface area (Å²) in [7, 11) is 1.52. The Morgan fingerprint density at radius 1 is 0.875 bits per heavy atom. The van der Waals surface area contributed by atoms with Gasteiger partial charge in [-0.15, -0.1) is 0 Å². The first-order valence-corrected chi connectivity index (χ1v) is 10.4. The molecule has 2 saturated heterocycles. The Balaban J connectivity index is 1.46. The SMILES string of the molecule is CN1CC(=O)N(CC(=O)N2CCN(C(c3ccc(F)cc3)c3ccc(F)cc3)CC2)C1=O. The maximum Gasteiger partial charge on any atom is 0.327 e. The molecule has 0 unspecified atom stereocenters. The molecule has 168 valence electrons. The summed E-state index contributed by atoms with van der Waals surface area (Å²) >= 11 is 0. The Kier molecular flexibility index (Phi) is 6.18. The summed E-state index contributed by atoms with van der Waals surface area (Å²) in [6.45, 7) is 1.63. The van der Waals surface area contributed by atoms with E-state index < -0.39 is 6.03 Å². The number of carbonyl (C=O) groups is 3. The lowest BCUT2D eigenvalue weighted by Gasteiger charge is -2.40. The van der Waals surface area contributed by atoms with Crippen LogP contribution in [0, 0.1) is 11.6 Å². The van der Waals surface area contributed by atoms with Crippen molar-refractivity contribution in [2.24, 2.45) is 0 Å². The van der Waals surface area contributed by atoms with E-state index in [2.05, 4.69) is 4.90 Å². The van der Waals surface area contributed by atoms with Crippen LogP contribution in [0.3, 0.4) is 0 Å². The second-order valence-corrected chi connectivity index (χ2v) is 8.04. The monoisotopic (exact) mass is 442 g/mol. The Bertz CT molecular complexity index is 959. The largest absolute Gasteiger partial charge is 0.339 e. The molecule has 4 rings (SSSR count). The fraction of sp³-hybridized carbons (Fsp3) is 0.348. The van der Waals surface area contributed by atoms with Crippen LogP contribution in [-0.2, 0) is 9.59 Å².